The largest absolute Gasteiger partial charge is 0.480 e. The lowest BCUT2D eigenvalue weighted by molar-refractivity contribution is -0.190. The van der Waals surface area contributed by atoms with Gasteiger partial charge in [-0.1, -0.05) is 0 Å². The van der Waals surface area contributed by atoms with E-state index in [9.17, 15) is 38.7 Å². The molecule has 0 spiro atoms. The Morgan fingerprint density at radius 3 is 1.72 bits per heavy atom. The van der Waals surface area contributed by atoms with Gasteiger partial charge in [-0.3, -0.25) is 4.79 Å². The van der Waals surface area contributed by atoms with Crippen molar-refractivity contribution in [2.24, 2.45) is 0 Å². The molecule has 47 heavy (non-hydrogen) atoms. The van der Waals surface area contributed by atoms with Gasteiger partial charge in [0.1, 0.15) is 18.2 Å². The van der Waals surface area contributed by atoms with E-state index in [0.29, 0.717) is 12.8 Å². The highest BCUT2D eigenvalue weighted by atomic mass is 16.7. The zero-order chi connectivity index (χ0) is 36.3. The molecule has 0 saturated heterocycles. The van der Waals surface area contributed by atoms with Crippen LogP contribution in [-0.4, -0.2) is 123 Å². The van der Waals surface area contributed by atoms with Crippen molar-refractivity contribution in [3.05, 3.63) is 0 Å². The summed E-state index contributed by atoms with van der Waals surface area (Å²) in [6.45, 7) is 8.89. The highest BCUT2D eigenvalue weighted by Crippen LogP contribution is 2.16. The third kappa shape index (κ3) is 17.5. The van der Waals surface area contributed by atoms with Crippen LogP contribution in [0.1, 0.15) is 67.7 Å². The molecule has 6 unspecified atom stereocenters. The first-order valence-corrected chi connectivity index (χ1v) is 14.8. The zero-order valence-electron chi connectivity index (χ0n) is 28.3. The summed E-state index contributed by atoms with van der Waals surface area (Å²) >= 11 is 0. The molecule has 0 aliphatic carbocycles. The molecular weight excluding hydrogens is 632 g/mol. The Morgan fingerprint density at radius 2 is 1.23 bits per heavy atom. The number of alkyl carbamates (subject to hydrolysis) is 1. The Kier molecular flexibility index (Phi) is 19.8. The molecule has 18 nitrogen and oxygen atoms in total. The van der Waals surface area contributed by atoms with E-state index in [1.165, 1.54) is 55.8 Å². The predicted octanol–water partition coefficient (Wildman–Crippen LogP) is 0.613. The first-order valence-electron chi connectivity index (χ1n) is 14.8. The molecule has 0 aromatic carbocycles. The minimum Gasteiger partial charge on any atom is -0.480 e. The molecule has 6 atom stereocenters. The lowest BCUT2D eigenvalue weighted by Crippen LogP contribution is -2.52. The van der Waals surface area contributed by atoms with Gasteiger partial charge in [-0.15, -0.1) is 0 Å². The Balaban J connectivity index is 4.69. The summed E-state index contributed by atoms with van der Waals surface area (Å²) in [7, 11) is 2.77. The van der Waals surface area contributed by atoms with E-state index in [0.717, 1.165) is 0 Å². The number of hydrogen-bond acceptors (Lipinski definition) is 15. The van der Waals surface area contributed by atoms with Crippen molar-refractivity contribution in [3.63, 3.8) is 0 Å². The number of carbonyl (C=O) groups is 7. The van der Waals surface area contributed by atoms with Gasteiger partial charge in [0.15, 0.2) is 24.4 Å². The highest BCUT2D eigenvalue weighted by molar-refractivity contribution is 5.89. The summed E-state index contributed by atoms with van der Waals surface area (Å²) in [4.78, 5) is 84.5. The number of esters is 4. The van der Waals surface area contributed by atoms with E-state index in [1.54, 1.807) is 6.92 Å². The SMILES string of the molecule is COC(C)COC(=O)NCCCCC(NC(=O)C(C)(C)OC(C)C(=O)OC(C)C(=O)OCOC(=O)C(C)OC(=O)C(C)OC)C(=O)O. The minimum atomic E-state index is -1.70. The van der Waals surface area contributed by atoms with Gasteiger partial charge in [0.05, 0.1) is 6.10 Å². The Labute approximate surface area is 273 Å². The fraction of sp³-hybridized carbons (Fsp3) is 0.759. The van der Waals surface area contributed by atoms with E-state index < -0.39 is 84.7 Å². The second kappa shape index (κ2) is 21.7. The molecule has 0 fully saturated rings. The third-order valence-corrected chi connectivity index (χ3v) is 6.33. The number of aliphatic carboxylic acids is 1. The fourth-order valence-corrected chi connectivity index (χ4v) is 3.22. The molecule has 0 aliphatic rings. The molecule has 3 N–H and O–H groups in total. The van der Waals surface area contributed by atoms with E-state index in [2.05, 4.69) is 10.6 Å². The van der Waals surface area contributed by atoms with Crippen LogP contribution >= 0.6 is 0 Å². The van der Waals surface area contributed by atoms with Crippen molar-refractivity contribution in [2.45, 2.75) is 110 Å². The molecular formula is C29H48N2O16. The standard InChI is InChI=1S/C29H48N2O16/c1-16(40-8)14-42-28(39)30-13-11-10-12-21(22(32)33)31-27(38)29(6,7)47-20(5)26(37)46-19(4)24(35)44-15-43-23(34)18(3)45-25(36)17(2)41-9/h16-21H,10-15H2,1-9H3,(H,30,39)(H,31,38)(H,32,33). The van der Waals surface area contributed by atoms with Crippen molar-refractivity contribution in [3.8, 4) is 0 Å². The molecule has 270 valence electrons. The van der Waals surface area contributed by atoms with Gasteiger partial charge in [0.2, 0.25) is 6.79 Å². The molecule has 0 bridgehead atoms. The molecule has 0 heterocycles. The smallest absolute Gasteiger partial charge is 0.407 e. The van der Waals surface area contributed by atoms with Gasteiger partial charge in [0, 0.05) is 20.8 Å². The summed E-state index contributed by atoms with van der Waals surface area (Å²) in [5, 5.41) is 14.5. The number of rotatable bonds is 22. The fourth-order valence-electron chi connectivity index (χ4n) is 3.22. The maximum Gasteiger partial charge on any atom is 0.407 e. The van der Waals surface area contributed by atoms with Crippen LogP contribution in [0.2, 0.25) is 0 Å². The summed E-state index contributed by atoms with van der Waals surface area (Å²) < 4.78 is 39.5. The van der Waals surface area contributed by atoms with Crippen LogP contribution in [0.25, 0.3) is 0 Å². The quantitative estimate of drug-likeness (QED) is 0.0614. The predicted molar refractivity (Wildman–Crippen MR) is 158 cm³/mol. The van der Waals surface area contributed by atoms with Gasteiger partial charge in [-0.2, -0.15) is 0 Å². The number of carboxylic acid groups (broad SMARTS) is 1. The molecule has 18 heteroatoms. The number of ether oxygens (including phenoxy) is 8. The number of hydrogen-bond donors (Lipinski definition) is 3. The Morgan fingerprint density at radius 1 is 0.702 bits per heavy atom. The van der Waals surface area contributed by atoms with E-state index >= 15 is 0 Å². The average Bonchev–Trinajstić information content (AvgIpc) is 3.01. The molecule has 0 saturated carbocycles. The molecule has 0 radical (unpaired) electrons. The van der Waals surface area contributed by atoms with Crippen LogP contribution in [0.4, 0.5) is 4.79 Å². The first-order chi connectivity index (χ1) is 21.9. The molecule has 0 aromatic rings. The molecule has 2 amide bonds. The monoisotopic (exact) mass is 680 g/mol. The highest BCUT2D eigenvalue weighted by Gasteiger charge is 2.36. The topological polar surface area (TPSA) is 238 Å². The van der Waals surface area contributed by atoms with Crippen LogP contribution < -0.4 is 10.6 Å². The number of carboxylic acids is 1. The zero-order valence-corrected chi connectivity index (χ0v) is 28.3. The van der Waals surface area contributed by atoms with Crippen LogP contribution in [0, 0.1) is 0 Å². The van der Waals surface area contributed by atoms with Crippen LogP contribution in [0.3, 0.4) is 0 Å². The van der Waals surface area contributed by atoms with Gasteiger partial charge in [0.25, 0.3) is 5.91 Å². The van der Waals surface area contributed by atoms with Gasteiger partial charge < -0.3 is 53.6 Å². The maximum absolute atomic E-state index is 12.8. The van der Waals surface area contributed by atoms with Gasteiger partial charge >= 0.3 is 35.9 Å². The van der Waals surface area contributed by atoms with Crippen LogP contribution in [0.5, 0.6) is 0 Å². The van der Waals surface area contributed by atoms with Crippen LogP contribution in [-0.2, 0) is 66.7 Å². The summed E-state index contributed by atoms with van der Waals surface area (Å²) in [5.74, 6) is -6.05. The lowest BCUT2D eigenvalue weighted by Gasteiger charge is -2.29. The van der Waals surface area contributed by atoms with Crippen molar-refractivity contribution in [1.82, 2.24) is 10.6 Å². The molecule has 0 aromatic heterocycles. The van der Waals surface area contributed by atoms with Crippen molar-refractivity contribution in [2.75, 3.05) is 34.2 Å². The molecule has 0 rings (SSSR count). The van der Waals surface area contributed by atoms with E-state index in [1.807, 2.05) is 0 Å². The second-order valence-electron chi connectivity index (χ2n) is 10.8. The van der Waals surface area contributed by atoms with E-state index in [-0.39, 0.29) is 25.7 Å². The second-order valence-corrected chi connectivity index (χ2v) is 10.8. The summed E-state index contributed by atoms with van der Waals surface area (Å²) in [6, 6.07) is -1.28. The lowest BCUT2D eigenvalue weighted by atomic mass is 10.1. The van der Waals surface area contributed by atoms with Crippen molar-refractivity contribution < 1.29 is 76.6 Å². The van der Waals surface area contributed by atoms with Gasteiger partial charge in [-0.25, -0.2) is 28.8 Å². The van der Waals surface area contributed by atoms with Crippen LogP contribution in [0.15, 0.2) is 0 Å². The first kappa shape index (κ1) is 43.0. The van der Waals surface area contributed by atoms with Gasteiger partial charge in [-0.05, 0) is 67.7 Å². The maximum atomic E-state index is 12.8. The molecule has 0 aliphatic heterocycles. The van der Waals surface area contributed by atoms with E-state index in [4.69, 9.17) is 37.9 Å². The normalized spacial score (nSPS) is 15.0. The summed E-state index contributed by atoms with van der Waals surface area (Å²) in [5.41, 5.74) is -1.70. The van der Waals surface area contributed by atoms with Crippen molar-refractivity contribution in [1.29, 1.82) is 0 Å². The Hall–Kier alpha value is -4.03. The average molecular weight is 681 g/mol. The Bertz CT molecular complexity index is 1060. The third-order valence-electron chi connectivity index (χ3n) is 6.33. The summed E-state index contributed by atoms with van der Waals surface area (Å²) in [6.07, 6.45) is -5.19. The number of amides is 2. The number of nitrogens with one attached hydrogen (secondary N) is 2. The number of methoxy groups -OCH3 is 2. The number of unbranched alkanes of at least 4 members (excludes halogenated alkanes) is 1. The van der Waals surface area contributed by atoms with Crippen molar-refractivity contribution >= 4 is 41.8 Å². The minimum absolute atomic E-state index is 0.0399. The number of carbonyl (C=O) groups excluding carboxylic acids is 6.